The molecule has 1 aromatic carbocycles. The molecule has 25 heavy (non-hydrogen) atoms. The Balaban J connectivity index is 0.00000576. The number of carbonyl (C=O) groups is 2. The number of halogens is 3. The summed E-state index contributed by atoms with van der Waals surface area (Å²) in [7, 11) is 3.56. The smallest absolute Gasteiger partial charge is 0.253 e. The molecule has 0 saturated heterocycles. The van der Waals surface area contributed by atoms with Crippen molar-refractivity contribution in [1.29, 1.82) is 0 Å². The highest BCUT2D eigenvalue weighted by Crippen LogP contribution is 2.21. The zero-order valence-electron chi connectivity index (χ0n) is 14.5. The van der Waals surface area contributed by atoms with E-state index in [1.165, 1.54) is 6.07 Å². The first-order chi connectivity index (χ1) is 11.4. The number of hydrogen-bond donors (Lipinski definition) is 2. The van der Waals surface area contributed by atoms with Crippen LogP contribution in [-0.2, 0) is 4.79 Å². The molecule has 1 atom stereocenters. The van der Waals surface area contributed by atoms with Crippen LogP contribution in [0, 0.1) is 0 Å². The van der Waals surface area contributed by atoms with Crippen LogP contribution < -0.4 is 10.6 Å². The van der Waals surface area contributed by atoms with Crippen LogP contribution in [0.2, 0.25) is 10.0 Å². The minimum absolute atomic E-state index is 0. The van der Waals surface area contributed by atoms with E-state index in [0.29, 0.717) is 30.1 Å². The summed E-state index contributed by atoms with van der Waals surface area (Å²) in [5.41, 5.74) is 0.306. The van der Waals surface area contributed by atoms with Gasteiger partial charge >= 0.3 is 0 Å². The quantitative estimate of drug-likeness (QED) is 0.635. The second kappa shape index (κ2) is 12.7. The Labute approximate surface area is 169 Å². The molecule has 2 N–H and O–H groups in total. The van der Waals surface area contributed by atoms with Crippen molar-refractivity contribution in [2.24, 2.45) is 0 Å². The van der Waals surface area contributed by atoms with Gasteiger partial charge in [-0.25, -0.2) is 0 Å². The third-order valence-electron chi connectivity index (χ3n) is 3.46. The minimum atomic E-state index is -0.585. The van der Waals surface area contributed by atoms with Crippen molar-refractivity contribution in [3.8, 4) is 0 Å². The number of nitrogens with zero attached hydrogens (tertiary/aromatic N) is 1. The topological polar surface area (TPSA) is 61.4 Å². The fourth-order valence-corrected chi connectivity index (χ4v) is 3.02. The Hall–Kier alpha value is -0.660. The zero-order chi connectivity index (χ0) is 18.1. The van der Waals surface area contributed by atoms with E-state index in [1.807, 2.05) is 13.3 Å². The van der Waals surface area contributed by atoms with Crippen LogP contribution in [0.4, 0.5) is 0 Å². The third-order valence-corrected chi connectivity index (χ3v) is 4.66. The van der Waals surface area contributed by atoms with E-state index in [1.54, 1.807) is 35.8 Å². The first kappa shape index (κ1) is 24.3. The maximum absolute atomic E-state index is 12.6. The number of amides is 2. The van der Waals surface area contributed by atoms with Gasteiger partial charge in [0.05, 0.1) is 10.6 Å². The van der Waals surface area contributed by atoms with Gasteiger partial charge < -0.3 is 15.5 Å². The van der Waals surface area contributed by atoms with E-state index in [-0.39, 0.29) is 29.2 Å². The fraction of sp³-hybridized carbons (Fsp3) is 0.500. The Bertz CT molecular complexity index is 576. The molecule has 5 nitrogen and oxygen atoms in total. The summed E-state index contributed by atoms with van der Waals surface area (Å²) in [6, 6.07) is 4.08. The number of nitrogens with one attached hydrogen (secondary N) is 2. The summed E-state index contributed by atoms with van der Waals surface area (Å²) in [4.78, 5) is 26.7. The molecule has 0 aliphatic rings. The van der Waals surface area contributed by atoms with Gasteiger partial charge in [0.15, 0.2) is 0 Å². The van der Waals surface area contributed by atoms with Crippen molar-refractivity contribution in [3.05, 3.63) is 33.8 Å². The van der Waals surface area contributed by atoms with Crippen LogP contribution in [0.25, 0.3) is 0 Å². The Morgan fingerprint density at radius 1 is 1.32 bits per heavy atom. The molecule has 0 spiro atoms. The molecule has 1 aromatic rings. The highest BCUT2D eigenvalue weighted by atomic mass is 35.5. The maximum atomic E-state index is 12.6. The van der Waals surface area contributed by atoms with Crippen LogP contribution in [0.3, 0.4) is 0 Å². The molecule has 0 saturated carbocycles. The van der Waals surface area contributed by atoms with Gasteiger partial charge in [-0.1, -0.05) is 23.2 Å². The van der Waals surface area contributed by atoms with Gasteiger partial charge in [0.25, 0.3) is 5.91 Å². The summed E-state index contributed by atoms with van der Waals surface area (Å²) >= 11 is 13.5. The number of benzene rings is 1. The summed E-state index contributed by atoms with van der Waals surface area (Å²) in [5.74, 6) is 0.279. The first-order valence-electron chi connectivity index (χ1n) is 7.55. The normalized spacial score (nSPS) is 11.4. The fourth-order valence-electron chi connectivity index (χ4n) is 2.06. The Morgan fingerprint density at radius 2 is 2.00 bits per heavy atom. The van der Waals surface area contributed by atoms with Crippen molar-refractivity contribution in [3.63, 3.8) is 0 Å². The molecule has 0 aliphatic carbocycles. The van der Waals surface area contributed by atoms with Gasteiger partial charge in [0.2, 0.25) is 5.91 Å². The second-order valence-electron chi connectivity index (χ2n) is 5.30. The summed E-state index contributed by atoms with van der Waals surface area (Å²) in [6.45, 7) is 1.26. The van der Waals surface area contributed by atoms with Crippen LogP contribution in [-0.4, -0.2) is 61.9 Å². The number of rotatable bonds is 9. The highest BCUT2D eigenvalue weighted by molar-refractivity contribution is 7.98. The van der Waals surface area contributed by atoms with Crippen molar-refractivity contribution in [2.45, 2.75) is 12.5 Å². The number of hydrogen-bond acceptors (Lipinski definition) is 4. The van der Waals surface area contributed by atoms with Gasteiger partial charge in [-0.15, -0.1) is 12.4 Å². The molecule has 0 aliphatic heterocycles. The minimum Gasteiger partial charge on any atom is -0.343 e. The first-order valence-corrected chi connectivity index (χ1v) is 9.70. The van der Waals surface area contributed by atoms with Crippen LogP contribution in [0.15, 0.2) is 18.2 Å². The largest absolute Gasteiger partial charge is 0.343 e. The third kappa shape index (κ3) is 8.05. The monoisotopic (exact) mass is 427 g/mol. The van der Waals surface area contributed by atoms with Crippen molar-refractivity contribution >= 4 is 59.2 Å². The molecule has 1 unspecified atom stereocenters. The Morgan fingerprint density at radius 3 is 2.56 bits per heavy atom. The molecule has 0 aromatic heterocycles. The van der Waals surface area contributed by atoms with Gasteiger partial charge in [0, 0.05) is 25.2 Å². The second-order valence-corrected chi connectivity index (χ2v) is 7.12. The lowest BCUT2D eigenvalue weighted by Gasteiger charge is -2.24. The molecule has 9 heteroatoms. The molecule has 1 rings (SSSR count). The zero-order valence-corrected chi connectivity index (χ0v) is 17.6. The lowest BCUT2D eigenvalue weighted by Crippen LogP contribution is -2.48. The summed E-state index contributed by atoms with van der Waals surface area (Å²) in [6.07, 6.45) is 2.52. The van der Waals surface area contributed by atoms with Crippen molar-refractivity contribution in [2.75, 3.05) is 39.2 Å². The van der Waals surface area contributed by atoms with Gasteiger partial charge in [-0.3, -0.25) is 9.59 Å². The van der Waals surface area contributed by atoms with Crippen LogP contribution in [0.1, 0.15) is 16.8 Å². The maximum Gasteiger partial charge on any atom is 0.253 e. The predicted molar refractivity (Wildman–Crippen MR) is 110 cm³/mol. The highest BCUT2D eigenvalue weighted by Gasteiger charge is 2.24. The summed E-state index contributed by atoms with van der Waals surface area (Å²) < 4.78 is 0. The lowest BCUT2D eigenvalue weighted by molar-refractivity contribution is -0.131. The van der Waals surface area contributed by atoms with E-state index in [0.717, 1.165) is 5.75 Å². The van der Waals surface area contributed by atoms with E-state index in [2.05, 4.69) is 10.6 Å². The van der Waals surface area contributed by atoms with E-state index in [4.69, 9.17) is 23.2 Å². The van der Waals surface area contributed by atoms with Crippen molar-refractivity contribution < 1.29 is 9.59 Å². The summed E-state index contributed by atoms with van der Waals surface area (Å²) in [5, 5.41) is 6.51. The number of likely N-dealkylation sites (N-methyl/N-ethyl adjacent to an activating group) is 2. The van der Waals surface area contributed by atoms with E-state index < -0.39 is 6.04 Å². The van der Waals surface area contributed by atoms with Gasteiger partial charge in [0.1, 0.15) is 6.04 Å². The van der Waals surface area contributed by atoms with Gasteiger partial charge in [-0.05, 0) is 43.7 Å². The molecule has 0 fully saturated rings. The van der Waals surface area contributed by atoms with Crippen LogP contribution >= 0.6 is 47.4 Å². The predicted octanol–water partition coefficient (Wildman–Crippen LogP) is 2.94. The standard InChI is InChI=1S/C16H23Cl2N3O2S.ClH/c1-19-7-8-21(2)16(23)14(6-9-24-3)20-15(22)12-5-4-11(17)10-13(12)18;/h4-5,10,14,19H,6-9H2,1-3H3,(H,20,22);1H. The molecular formula is C16H24Cl3N3O2S. The number of carbonyl (C=O) groups excluding carboxylic acids is 2. The SMILES string of the molecule is CNCCN(C)C(=O)C(CCSC)NC(=O)c1ccc(Cl)cc1Cl.Cl. The molecular weight excluding hydrogens is 405 g/mol. The average molecular weight is 429 g/mol. The lowest BCUT2D eigenvalue weighted by atomic mass is 10.1. The van der Waals surface area contributed by atoms with E-state index in [9.17, 15) is 9.59 Å². The van der Waals surface area contributed by atoms with Crippen molar-refractivity contribution in [1.82, 2.24) is 15.5 Å². The molecule has 2 amide bonds. The van der Waals surface area contributed by atoms with Crippen LogP contribution in [0.5, 0.6) is 0 Å². The molecule has 0 heterocycles. The Kier molecular flexibility index (Phi) is 12.3. The average Bonchev–Trinajstić information content (AvgIpc) is 2.55. The number of thioether (sulfide) groups is 1. The molecule has 0 radical (unpaired) electrons. The molecule has 142 valence electrons. The van der Waals surface area contributed by atoms with Gasteiger partial charge in [-0.2, -0.15) is 11.8 Å². The molecule has 0 bridgehead atoms. The van der Waals surface area contributed by atoms with E-state index >= 15 is 0 Å².